The van der Waals surface area contributed by atoms with Gasteiger partial charge in [0.1, 0.15) is 11.3 Å². The van der Waals surface area contributed by atoms with Crippen LogP contribution in [-0.2, 0) is 11.3 Å². The van der Waals surface area contributed by atoms with Crippen LogP contribution in [0.4, 0.5) is 0 Å². The second-order valence-electron chi connectivity index (χ2n) is 5.68. The lowest BCUT2D eigenvalue weighted by Gasteiger charge is -2.17. The SMILES string of the molecule is CO[C@H](C)c1cc(CN2CCCC2)cn2cc(C=O)nc12. The van der Waals surface area contributed by atoms with Gasteiger partial charge in [0.05, 0.1) is 6.10 Å². The first-order chi connectivity index (χ1) is 10.2. The third-order valence-electron chi connectivity index (χ3n) is 4.17. The number of aromatic nitrogens is 2. The number of fused-ring (bicyclic) bond motifs is 1. The Kier molecular flexibility index (Phi) is 4.03. The molecular weight excluding hydrogens is 266 g/mol. The summed E-state index contributed by atoms with van der Waals surface area (Å²) in [6, 6.07) is 2.16. The second-order valence-corrected chi connectivity index (χ2v) is 5.68. The number of carbonyl (C=O) groups excluding carboxylic acids is 1. The van der Waals surface area contributed by atoms with Crippen LogP contribution in [0.3, 0.4) is 0 Å². The van der Waals surface area contributed by atoms with Crippen LogP contribution in [0.25, 0.3) is 5.65 Å². The zero-order valence-electron chi connectivity index (χ0n) is 12.6. The Labute approximate surface area is 124 Å². The highest BCUT2D eigenvalue weighted by Gasteiger charge is 2.17. The van der Waals surface area contributed by atoms with Crippen LogP contribution in [-0.4, -0.2) is 40.8 Å². The molecule has 0 amide bonds. The summed E-state index contributed by atoms with van der Waals surface area (Å²) < 4.78 is 7.40. The summed E-state index contributed by atoms with van der Waals surface area (Å²) in [7, 11) is 1.69. The number of hydrogen-bond acceptors (Lipinski definition) is 4. The first-order valence-corrected chi connectivity index (χ1v) is 7.43. The van der Waals surface area contributed by atoms with Crippen molar-refractivity contribution < 1.29 is 9.53 Å². The zero-order chi connectivity index (χ0) is 14.8. The highest BCUT2D eigenvalue weighted by Crippen LogP contribution is 2.24. The molecule has 5 nitrogen and oxygen atoms in total. The fraction of sp³-hybridized carbons (Fsp3) is 0.500. The van der Waals surface area contributed by atoms with Crippen LogP contribution < -0.4 is 0 Å². The van der Waals surface area contributed by atoms with Crippen molar-refractivity contribution in [1.29, 1.82) is 0 Å². The first kappa shape index (κ1) is 14.2. The molecule has 3 rings (SSSR count). The third-order valence-corrected chi connectivity index (χ3v) is 4.17. The van der Waals surface area contributed by atoms with Crippen molar-refractivity contribution in [3.8, 4) is 0 Å². The molecule has 2 aromatic heterocycles. The molecule has 0 saturated carbocycles. The van der Waals surface area contributed by atoms with Crippen molar-refractivity contribution in [2.24, 2.45) is 0 Å². The number of pyridine rings is 1. The summed E-state index contributed by atoms with van der Waals surface area (Å²) in [5.41, 5.74) is 3.52. The minimum absolute atomic E-state index is 0.0482. The van der Waals surface area contributed by atoms with E-state index in [1.54, 1.807) is 13.3 Å². The van der Waals surface area contributed by atoms with E-state index < -0.39 is 0 Å². The van der Waals surface area contributed by atoms with Crippen LogP contribution in [0.5, 0.6) is 0 Å². The fourth-order valence-electron chi connectivity index (χ4n) is 2.97. The quantitative estimate of drug-likeness (QED) is 0.793. The predicted molar refractivity (Wildman–Crippen MR) is 80.5 cm³/mol. The van der Waals surface area contributed by atoms with Gasteiger partial charge in [-0.05, 0) is 44.5 Å². The smallest absolute Gasteiger partial charge is 0.170 e. The largest absolute Gasteiger partial charge is 0.377 e. The molecule has 1 aliphatic rings. The number of aldehydes is 1. The Balaban J connectivity index is 2.02. The molecule has 1 fully saturated rings. The van der Waals surface area contributed by atoms with E-state index >= 15 is 0 Å². The van der Waals surface area contributed by atoms with Crippen molar-refractivity contribution in [3.05, 3.63) is 35.3 Å². The van der Waals surface area contributed by atoms with E-state index in [0.29, 0.717) is 5.69 Å². The van der Waals surface area contributed by atoms with Gasteiger partial charge in [0.2, 0.25) is 0 Å². The molecule has 0 N–H and O–H groups in total. The Morgan fingerprint density at radius 3 is 2.81 bits per heavy atom. The maximum atomic E-state index is 11.0. The molecule has 5 heteroatoms. The molecule has 0 bridgehead atoms. The van der Waals surface area contributed by atoms with Crippen LogP contribution in [0, 0.1) is 0 Å². The van der Waals surface area contributed by atoms with Gasteiger partial charge in [0.25, 0.3) is 0 Å². The van der Waals surface area contributed by atoms with Crippen LogP contribution in [0.15, 0.2) is 18.5 Å². The van der Waals surface area contributed by atoms with Gasteiger partial charge >= 0.3 is 0 Å². The monoisotopic (exact) mass is 287 g/mol. The molecule has 2 aromatic rings. The Hall–Kier alpha value is -1.72. The lowest BCUT2D eigenvalue weighted by molar-refractivity contribution is 0.111. The van der Waals surface area contributed by atoms with E-state index in [9.17, 15) is 4.79 Å². The molecule has 1 saturated heterocycles. The number of nitrogens with zero attached hydrogens (tertiary/aromatic N) is 3. The topological polar surface area (TPSA) is 46.8 Å². The maximum absolute atomic E-state index is 11.0. The Morgan fingerprint density at radius 2 is 2.14 bits per heavy atom. The number of rotatable bonds is 5. The van der Waals surface area contributed by atoms with E-state index in [-0.39, 0.29) is 6.10 Å². The molecule has 0 aromatic carbocycles. The van der Waals surface area contributed by atoms with E-state index in [4.69, 9.17) is 4.74 Å². The van der Waals surface area contributed by atoms with Crippen LogP contribution in [0.1, 0.15) is 47.5 Å². The number of carbonyl (C=O) groups is 1. The molecule has 3 heterocycles. The molecular formula is C16H21N3O2. The fourth-order valence-corrected chi connectivity index (χ4v) is 2.97. The van der Waals surface area contributed by atoms with Gasteiger partial charge in [-0.3, -0.25) is 9.69 Å². The third kappa shape index (κ3) is 2.84. The summed E-state index contributed by atoms with van der Waals surface area (Å²) in [6.07, 6.45) is 7.15. The van der Waals surface area contributed by atoms with Crippen LogP contribution in [0.2, 0.25) is 0 Å². The molecule has 0 spiro atoms. The summed E-state index contributed by atoms with van der Waals surface area (Å²) in [5, 5.41) is 0. The minimum atomic E-state index is -0.0482. The molecule has 1 aliphatic heterocycles. The molecule has 0 unspecified atom stereocenters. The van der Waals surface area contributed by atoms with E-state index in [1.807, 2.05) is 11.3 Å². The van der Waals surface area contributed by atoms with Crippen molar-refractivity contribution in [1.82, 2.24) is 14.3 Å². The minimum Gasteiger partial charge on any atom is -0.377 e. The van der Waals surface area contributed by atoms with Gasteiger partial charge in [0, 0.05) is 31.6 Å². The highest BCUT2D eigenvalue weighted by atomic mass is 16.5. The lowest BCUT2D eigenvalue weighted by Crippen LogP contribution is -2.19. The number of hydrogen-bond donors (Lipinski definition) is 0. The number of methoxy groups -OCH3 is 1. The van der Waals surface area contributed by atoms with E-state index in [1.165, 1.54) is 18.4 Å². The standard InChI is InChI=1S/C16H21N3O2/c1-12(21-2)15-7-13(8-18-5-3-4-6-18)9-19-10-14(11-20)17-16(15)19/h7,9-12H,3-6,8H2,1-2H3/t12-/m1/s1. The molecule has 1 atom stereocenters. The Morgan fingerprint density at radius 1 is 1.38 bits per heavy atom. The predicted octanol–water partition coefficient (Wildman–Crippen LogP) is 2.45. The summed E-state index contributed by atoms with van der Waals surface area (Å²) in [5.74, 6) is 0. The van der Waals surface area contributed by atoms with Crippen molar-refractivity contribution in [2.75, 3.05) is 20.2 Å². The van der Waals surface area contributed by atoms with Gasteiger partial charge in [-0.2, -0.15) is 0 Å². The molecule has 0 aliphatic carbocycles. The molecule has 112 valence electrons. The average molecular weight is 287 g/mol. The number of likely N-dealkylation sites (tertiary alicyclic amines) is 1. The normalized spacial score (nSPS) is 17.4. The van der Waals surface area contributed by atoms with Gasteiger partial charge in [-0.15, -0.1) is 0 Å². The highest BCUT2D eigenvalue weighted by molar-refractivity contribution is 5.73. The molecule has 21 heavy (non-hydrogen) atoms. The number of imidazole rings is 1. The summed E-state index contributed by atoms with van der Waals surface area (Å²) >= 11 is 0. The van der Waals surface area contributed by atoms with Crippen molar-refractivity contribution in [2.45, 2.75) is 32.4 Å². The van der Waals surface area contributed by atoms with Crippen molar-refractivity contribution >= 4 is 11.9 Å². The van der Waals surface area contributed by atoms with Gasteiger partial charge in [-0.25, -0.2) is 4.98 Å². The van der Waals surface area contributed by atoms with Gasteiger partial charge in [0.15, 0.2) is 6.29 Å². The number of ether oxygens (including phenoxy) is 1. The molecule has 0 radical (unpaired) electrons. The maximum Gasteiger partial charge on any atom is 0.170 e. The van der Waals surface area contributed by atoms with Gasteiger partial charge < -0.3 is 9.14 Å². The second kappa shape index (κ2) is 5.95. The van der Waals surface area contributed by atoms with E-state index in [2.05, 4.69) is 22.1 Å². The average Bonchev–Trinajstić information content (AvgIpc) is 3.14. The van der Waals surface area contributed by atoms with Crippen molar-refractivity contribution in [3.63, 3.8) is 0 Å². The van der Waals surface area contributed by atoms with E-state index in [0.717, 1.165) is 37.1 Å². The Bertz CT molecular complexity index is 644. The zero-order valence-corrected chi connectivity index (χ0v) is 12.6. The summed E-state index contributed by atoms with van der Waals surface area (Å²) in [4.78, 5) is 17.8. The van der Waals surface area contributed by atoms with Crippen LogP contribution >= 0.6 is 0 Å². The summed E-state index contributed by atoms with van der Waals surface area (Å²) in [6.45, 7) is 5.27. The first-order valence-electron chi connectivity index (χ1n) is 7.43. The lowest BCUT2D eigenvalue weighted by atomic mass is 10.1. The van der Waals surface area contributed by atoms with Gasteiger partial charge in [-0.1, -0.05) is 0 Å².